The van der Waals surface area contributed by atoms with Crippen molar-refractivity contribution >= 4 is 11.9 Å². The number of aryl methyl sites for hydroxylation is 1. The summed E-state index contributed by atoms with van der Waals surface area (Å²) in [5.41, 5.74) is 1.52. The van der Waals surface area contributed by atoms with E-state index in [9.17, 15) is 9.59 Å². The number of para-hydroxylation sites is 1. The summed E-state index contributed by atoms with van der Waals surface area (Å²) in [6.07, 6.45) is 0. The zero-order chi connectivity index (χ0) is 18.8. The molecule has 0 aliphatic heterocycles. The molecule has 6 nitrogen and oxygen atoms in total. The predicted molar refractivity (Wildman–Crippen MR) is 97.6 cm³/mol. The lowest BCUT2D eigenvalue weighted by atomic mass is 10.2. The molecule has 0 fully saturated rings. The van der Waals surface area contributed by atoms with E-state index in [0.29, 0.717) is 23.7 Å². The van der Waals surface area contributed by atoms with Crippen molar-refractivity contribution in [3.63, 3.8) is 0 Å². The lowest BCUT2D eigenvalue weighted by Crippen LogP contribution is -2.31. The van der Waals surface area contributed by atoms with Gasteiger partial charge in [-0.1, -0.05) is 29.8 Å². The molecular weight excluding hydrogens is 334 g/mol. The second kappa shape index (κ2) is 10.1. The highest BCUT2D eigenvalue weighted by Gasteiger charge is 2.13. The third-order valence-electron chi connectivity index (χ3n) is 3.46. The van der Waals surface area contributed by atoms with Crippen LogP contribution >= 0.6 is 0 Å². The number of esters is 1. The third kappa shape index (κ3) is 6.12. The smallest absolute Gasteiger partial charge is 0.325 e. The van der Waals surface area contributed by atoms with Crippen LogP contribution in [0.25, 0.3) is 0 Å². The minimum Gasteiger partial charge on any atom is -0.493 e. The molecule has 0 bridgehead atoms. The fourth-order valence-corrected chi connectivity index (χ4v) is 2.18. The molecule has 2 rings (SSSR count). The van der Waals surface area contributed by atoms with Crippen molar-refractivity contribution < 1.29 is 23.8 Å². The normalized spacial score (nSPS) is 10.1. The van der Waals surface area contributed by atoms with Crippen LogP contribution < -0.4 is 14.8 Å². The number of ether oxygens (including phenoxy) is 3. The first-order valence-corrected chi connectivity index (χ1v) is 8.45. The quantitative estimate of drug-likeness (QED) is 0.552. The first-order chi connectivity index (χ1) is 12.6. The lowest BCUT2D eigenvalue weighted by molar-refractivity contribution is -0.143. The van der Waals surface area contributed by atoms with Crippen molar-refractivity contribution in [2.75, 3.05) is 26.4 Å². The standard InChI is InChI=1S/C20H23NO5/c1-3-24-18-7-5-4-6-17(18)20(23)21-14-19(22)26-13-12-25-16-10-8-15(2)9-11-16/h4-11H,3,12-14H2,1-2H3,(H,21,23). The Morgan fingerprint density at radius 2 is 1.69 bits per heavy atom. The molecule has 1 amide bonds. The van der Waals surface area contributed by atoms with Crippen LogP contribution in [0.1, 0.15) is 22.8 Å². The van der Waals surface area contributed by atoms with Crippen LogP contribution in [-0.4, -0.2) is 38.2 Å². The van der Waals surface area contributed by atoms with E-state index in [1.807, 2.05) is 38.1 Å². The van der Waals surface area contributed by atoms with Gasteiger partial charge in [-0.15, -0.1) is 0 Å². The van der Waals surface area contributed by atoms with Crippen LogP contribution in [0.2, 0.25) is 0 Å². The minimum atomic E-state index is -0.528. The summed E-state index contributed by atoms with van der Waals surface area (Å²) in [6, 6.07) is 14.5. The Bertz CT molecular complexity index is 727. The molecule has 0 aliphatic carbocycles. The van der Waals surface area contributed by atoms with Gasteiger partial charge in [0.05, 0.1) is 12.2 Å². The number of hydrogen-bond acceptors (Lipinski definition) is 5. The Morgan fingerprint density at radius 1 is 0.962 bits per heavy atom. The molecule has 26 heavy (non-hydrogen) atoms. The third-order valence-corrected chi connectivity index (χ3v) is 3.46. The number of hydrogen-bond donors (Lipinski definition) is 1. The molecule has 0 heterocycles. The zero-order valence-corrected chi connectivity index (χ0v) is 15.0. The summed E-state index contributed by atoms with van der Waals surface area (Å²) in [4.78, 5) is 23.9. The molecule has 0 radical (unpaired) electrons. The van der Waals surface area contributed by atoms with Gasteiger partial charge < -0.3 is 19.5 Å². The molecule has 0 aromatic heterocycles. The van der Waals surface area contributed by atoms with Gasteiger partial charge in [-0.25, -0.2) is 0 Å². The van der Waals surface area contributed by atoms with Crippen molar-refractivity contribution in [1.82, 2.24) is 5.32 Å². The zero-order valence-electron chi connectivity index (χ0n) is 15.0. The van der Waals surface area contributed by atoms with E-state index >= 15 is 0 Å². The van der Waals surface area contributed by atoms with E-state index < -0.39 is 5.97 Å². The number of benzene rings is 2. The fraction of sp³-hybridized carbons (Fsp3) is 0.300. The highest BCUT2D eigenvalue weighted by atomic mass is 16.6. The predicted octanol–water partition coefficient (Wildman–Crippen LogP) is 2.75. The number of rotatable bonds is 9. The molecule has 2 aromatic rings. The SMILES string of the molecule is CCOc1ccccc1C(=O)NCC(=O)OCCOc1ccc(C)cc1. The summed E-state index contributed by atoms with van der Waals surface area (Å²) in [5.74, 6) is 0.279. The van der Waals surface area contributed by atoms with Crippen LogP contribution in [-0.2, 0) is 9.53 Å². The minimum absolute atomic E-state index is 0.109. The summed E-state index contributed by atoms with van der Waals surface area (Å²) in [6.45, 7) is 4.42. The van der Waals surface area contributed by atoms with E-state index in [2.05, 4.69) is 5.32 Å². The van der Waals surface area contributed by atoms with E-state index in [4.69, 9.17) is 14.2 Å². The number of carbonyl (C=O) groups is 2. The van der Waals surface area contributed by atoms with Gasteiger partial charge in [0, 0.05) is 0 Å². The molecule has 1 N–H and O–H groups in total. The van der Waals surface area contributed by atoms with E-state index in [0.717, 1.165) is 5.56 Å². The summed E-state index contributed by atoms with van der Waals surface area (Å²) in [7, 11) is 0. The van der Waals surface area contributed by atoms with Crippen molar-refractivity contribution in [2.45, 2.75) is 13.8 Å². The average Bonchev–Trinajstić information content (AvgIpc) is 2.65. The Morgan fingerprint density at radius 3 is 2.42 bits per heavy atom. The van der Waals surface area contributed by atoms with E-state index in [1.54, 1.807) is 24.3 Å². The molecule has 2 aromatic carbocycles. The summed E-state index contributed by atoms with van der Waals surface area (Å²) >= 11 is 0. The molecule has 0 unspecified atom stereocenters. The fourth-order valence-electron chi connectivity index (χ4n) is 2.18. The number of carbonyl (C=O) groups excluding carboxylic acids is 2. The average molecular weight is 357 g/mol. The molecule has 0 saturated carbocycles. The van der Waals surface area contributed by atoms with Crippen LogP contribution in [0.5, 0.6) is 11.5 Å². The highest BCUT2D eigenvalue weighted by Crippen LogP contribution is 2.17. The van der Waals surface area contributed by atoms with Gasteiger partial charge in [0.25, 0.3) is 5.91 Å². The summed E-state index contributed by atoms with van der Waals surface area (Å²) in [5, 5.41) is 2.53. The van der Waals surface area contributed by atoms with Crippen LogP contribution in [0.3, 0.4) is 0 Å². The maximum atomic E-state index is 12.2. The van der Waals surface area contributed by atoms with Gasteiger partial charge in [-0.2, -0.15) is 0 Å². The maximum Gasteiger partial charge on any atom is 0.325 e. The van der Waals surface area contributed by atoms with Gasteiger partial charge >= 0.3 is 5.97 Å². The topological polar surface area (TPSA) is 73.9 Å². The summed E-state index contributed by atoms with van der Waals surface area (Å²) < 4.78 is 15.9. The van der Waals surface area contributed by atoms with Gasteiger partial charge in [-0.05, 0) is 38.1 Å². The van der Waals surface area contributed by atoms with Crippen molar-refractivity contribution in [3.05, 3.63) is 59.7 Å². The molecule has 0 atom stereocenters. The van der Waals surface area contributed by atoms with E-state index in [1.165, 1.54) is 0 Å². The molecule has 0 saturated heterocycles. The largest absolute Gasteiger partial charge is 0.493 e. The second-order valence-electron chi connectivity index (χ2n) is 5.49. The van der Waals surface area contributed by atoms with Crippen molar-refractivity contribution in [1.29, 1.82) is 0 Å². The van der Waals surface area contributed by atoms with Gasteiger partial charge in [0.2, 0.25) is 0 Å². The van der Waals surface area contributed by atoms with E-state index in [-0.39, 0.29) is 25.7 Å². The first-order valence-electron chi connectivity index (χ1n) is 8.45. The first kappa shape index (κ1) is 19.3. The molecule has 138 valence electrons. The Labute approximate surface area is 153 Å². The molecule has 6 heteroatoms. The van der Waals surface area contributed by atoms with Crippen LogP contribution in [0.4, 0.5) is 0 Å². The Hall–Kier alpha value is -3.02. The van der Waals surface area contributed by atoms with Gasteiger partial charge in [0.1, 0.15) is 31.3 Å². The number of amides is 1. The van der Waals surface area contributed by atoms with Crippen molar-refractivity contribution in [2.24, 2.45) is 0 Å². The van der Waals surface area contributed by atoms with Gasteiger partial charge in [0.15, 0.2) is 0 Å². The highest BCUT2D eigenvalue weighted by molar-refractivity contribution is 5.98. The van der Waals surface area contributed by atoms with Crippen molar-refractivity contribution in [3.8, 4) is 11.5 Å². The molecule has 0 aliphatic rings. The van der Waals surface area contributed by atoms with Crippen LogP contribution in [0, 0.1) is 6.92 Å². The van der Waals surface area contributed by atoms with Gasteiger partial charge in [-0.3, -0.25) is 9.59 Å². The lowest BCUT2D eigenvalue weighted by Gasteiger charge is -2.10. The number of nitrogens with one attached hydrogen (secondary N) is 1. The van der Waals surface area contributed by atoms with Crippen LogP contribution in [0.15, 0.2) is 48.5 Å². The molecular formula is C20H23NO5. The second-order valence-corrected chi connectivity index (χ2v) is 5.49. The Kier molecular flexibility index (Phi) is 7.49. The Balaban J connectivity index is 1.70. The maximum absolute atomic E-state index is 12.2. The molecule has 0 spiro atoms. The monoisotopic (exact) mass is 357 g/mol.